The highest BCUT2D eigenvalue weighted by Crippen LogP contribution is 2.19. The van der Waals surface area contributed by atoms with E-state index in [1.165, 1.54) is 6.26 Å². The van der Waals surface area contributed by atoms with E-state index in [4.69, 9.17) is 4.42 Å². The number of aromatic nitrogens is 4. The molecule has 0 spiro atoms. The molecule has 4 rings (SSSR count). The van der Waals surface area contributed by atoms with Crippen LogP contribution in [0.1, 0.15) is 20.9 Å². The minimum atomic E-state index is -0.361. The Kier molecular flexibility index (Phi) is 4.62. The van der Waals surface area contributed by atoms with Crippen molar-refractivity contribution in [2.45, 2.75) is 0 Å². The Morgan fingerprint density at radius 1 is 0.893 bits per heavy atom. The summed E-state index contributed by atoms with van der Waals surface area (Å²) < 4.78 is 5.04. The highest BCUT2D eigenvalue weighted by molar-refractivity contribution is 6.05. The summed E-state index contributed by atoms with van der Waals surface area (Å²) in [5.41, 5.74) is 2.32. The lowest BCUT2D eigenvalue weighted by Gasteiger charge is -2.08. The molecule has 0 atom stereocenters. The van der Waals surface area contributed by atoms with Gasteiger partial charge in [0.25, 0.3) is 11.8 Å². The van der Waals surface area contributed by atoms with E-state index in [2.05, 4.69) is 31.3 Å². The smallest absolute Gasteiger partial charge is 0.291 e. The van der Waals surface area contributed by atoms with Gasteiger partial charge in [0, 0.05) is 22.5 Å². The van der Waals surface area contributed by atoms with Gasteiger partial charge in [-0.1, -0.05) is 12.1 Å². The summed E-state index contributed by atoms with van der Waals surface area (Å²) in [6, 6.07) is 16.9. The molecule has 0 saturated carbocycles. The molecule has 0 saturated heterocycles. The number of benzene rings is 2. The molecule has 138 valence electrons. The van der Waals surface area contributed by atoms with Gasteiger partial charge in [0.2, 0.25) is 5.82 Å². The van der Waals surface area contributed by atoms with E-state index in [1.54, 1.807) is 54.6 Å². The molecule has 0 aliphatic carbocycles. The topological polar surface area (TPSA) is 126 Å². The van der Waals surface area contributed by atoms with Gasteiger partial charge in [0.05, 0.1) is 6.26 Å². The number of aromatic amines is 1. The van der Waals surface area contributed by atoms with E-state index in [0.29, 0.717) is 22.8 Å². The Hall–Kier alpha value is -4.27. The first-order chi connectivity index (χ1) is 13.7. The van der Waals surface area contributed by atoms with E-state index < -0.39 is 0 Å². The number of carbonyl (C=O) groups excluding carboxylic acids is 2. The SMILES string of the molecule is O=C(Nc1cccc(-c2nn[nH]n2)c1)c1ccc(NC(=O)c2ccco2)cc1. The number of tetrazole rings is 1. The maximum Gasteiger partial charge on any atom is 0.291 e. The number of H-pyrrole nitrogens is 1. The first kappa shape index (κ1) is 17.2. The molecule has 3 N–H and O–H groups in total. The lowest BCUT2D eigenvalue weighted by atomic mass is 10.1. The number of amides is 2. The second-order valence-corrected chi connectivity index (χ2v) is 5.78. The number of nitrogens with one attached hydrogen (secondary N) is 3. The third-order valence-corrected chi connectivity index (χ3v) is 3.87. The molecule has 2 aromatic heterocycles. The fraction of sp³-hybridized carbons (Fsp3) is 0. The van der Waals surface area contributed by atoms with Gasteiger partial charge in [-0.3, -0.25) is 9.59 Å². The van der Waals surface area contributed by atoms with Crippen LogP contribution in [-0.4, -0.2) is 32.4 Å². The molecule has 0 radical (unpaired) electrons. The lowest BCUT2D eigenvalue weighted by molar-refractivity contribution is 0.0995. The molecular formula is C19H14N6O3. The van der Waals surface area contributed by atoms with Crippen molar-refractivity contribution >= 4 is 23.2 Å². The fourth-order valence-electron chi connectivity index (χ4n) is 2.53. The summed E-state index contributed by atoms with van der Waals surface area (Å²) in [7, 11) is 0. The number of nitrogens with zero attached hydrogens (tertiary/aromatic N) is 3. The first-order valence-electron chi connectivity index (χ1n) is 8.29. The number of furan rings is 1. The van der Waals surface area contributed by atoms with Crippen LogP contribution in [0.2, 0.25) is 0 Å². The van der Waals surface area contributed by atoms with Crippen LogP contribution >= 0.6 is 0 Å². The van der Waals surface area contributed by atoms with Crippen molar-refractivity contribution in [3.05, 3.63) is 78.3 Å². The molecule has 4 aromatic rings. The monoisotopic (exact) mass is 374 g/mol. The average Bonchev–Trinajstić information content (AvgIpc) is 3.43. The van der Waals surface area contributed by atoms with E-state index in [9.17, 15) is 9.59 Å². The second-order valence-electron chi connectivity index (χ2n) is 5.78. The van der Waals surface area contributed by atoms with Crippen molar-refractivity contribution in [2.24, 2.45) is 0 Å². The van der Waals surface area contributed by atoms with Gasteiger partial charge >= 0.3 is 0 Å². The maximum absolute atomic E-state index is 12.5. The van der Waals surface area contributed by atoms with Gasteiger partial charge < -0.3 is 15.1 Å². The van der Waals surface area contributed by atoms with Crippen molar-refractivity contribution in [3.63, 3.8) is 0 Å². The zero-order valence-electron chi connectivity index (χ0n) is 14.4. The zero-order chi connectivity index (χ0) is 19.3. The quantitative estimate of drug-likeness (QED) is 0.493. The van der Waals surface area contributed by atoms with Crippen LogP contribution in [0.5, 0.6) is 0 Å². The number of hydrogen-bond acceptors (Lipinski definition) is 6. The minimum Gasteiger partial charge on any atom is -0.459 e. The third kappa shape index (κ3) is 3.78. The van der Waals surface area contributed by atoms with Crippen molar-refractivity contribution in [3.8, 4) is 11.4 Å². The van der Waals surface area contributed by atoms with Crippen LogP contribution in [0.4, 0.5) is 11.4 Å². The molecule has 2 aromatic carbocycles. The largest absolute Gasteiger partial charge is 0.459 e. The van der Waals surface area contributed by atoms with Crippen molar-refractivity contribution in [1.29, 1.82) is 0 Å². The predicted molar refractivity (Wildman–Crippen MR) is 101 cm³/mol. The van der Waals surface area contributed by atoms with E-state index in [-0.39, 0.29) is 17.6 Å². The van der Waals surface area contributed by atoms with Crippen LogP contribution in [-0.2, 0) is 0 Å². The number of anilines is 2. The Bertz CT molecular complexity index is 1090. The van der Waals surface area contributed by atoms with Gasteiger partial charge in [0.1, 0.15) is 0 Å². The summed E-state index contributed by atoms with van der Waals surface area (Å²) >= 11 is 0. The number of rotatable bonds is 5. The van der Waals surface area contributed by atoms with E-state index >= 15 is 0 Å². The lowest BCUT2D eigenvalue weighted by Crippen LogP contribution is -2.13. The predicted octanol–water partition coefficient (Wildman–Crippen LogP) is 2.96. The standard InChI is InChI=1S/C19H14N6O3/c26-18(21-15-4-1-3-13(11-15)17-22-24-25-23-17)12-6-8-14(9-7-12)20-19(27)16-5-2-10-28-16/h1-11H,(H,20,27)(H,21,26)(H,22,23,24,25). The zero-order valence-corrected chi connectivity index (χ0v) is 14.4. The summed E-state index contributed by atoms with van der Waals surface area (Å²) in [4.78, 5) is 24.4. The van der Waals surface area contributed by atoms with Crippen LogP contribution in [0.25, 0.3) is 11.4 Å². The summed E-state index contributed by atoms with van der Waals surface area (Å²) in [5.74, 6) is 0.00529. The molecule has 0 aliphatic heterocycles. The normalized spacial score (nSPS) is 10.4. The highest BCUT2D eigenvalue weighted by atomic mass is 16.3. The van der Waals surface area contributed by atoms with Gasteiger partial charge in [0.15, 0.2) is 5.76 Å². The Morgan fingerprint density at radius 2 is 1.71 bits per heavy atom. The van der Waals surface area contributed by atoms with Crippen LogP contribution < -0.4 is 10.6 Å². The molecule has 9 nitrogen and oxygen atoms in total. The maximum atomic E-state index is 12.5. The van der Waals surface area contributed by atoms with Crippen LogP contribution in [0.15, 0.2) is 71.3 Å². The molecule has 0 fully saturated rings. The van der Waals surface area contributed by atoms with Gasteiger partial charge in [-0.2, -0.15) is 5.21 Å². The van der Waals surface area contributed by atoms with Crippen molar-refractivity contribution < 1.29 is 14.0 Å². The Labute approximate surface area is 158 Å². The summed E-state index contributed by atoms with van der Waals surface area (Å²) in [6.45, 7) is 0. The molecular weight excluding hydrogens is 360 g/mol. The molecule has 0 unspecified atom stereocenters. The van der Waals surface area contributed by atoms with Crippen LogP contribution in [0, 0.1) is 0 Å². The molecule has 9 heteroatoms. The summed E-state index contributed by atoms with van der Waals surface area (Å²) in [6.07, 6.45) is 1.43. The molecule has 2 amide bonds. The molecule has 28 heavy (non-hydrogen) atoms. The fourth-order valence-corrected chi connectivity index (χ4v) is 2.53. The summed E-state index contributed by atoms with van der Waals surface area (Å²) in [5, 5.41) is 19.3. The third-order valence-electron chi connectivity index (χ3n) is 3.87. The average molecular weight is 374 g/mol. The van der Waals surface area contributed by atoms with E-state index in [1.807, 2.05) is 6.07 Å². The molecule has 0 bridgehead atoms. The molecule has 0 aliphatic rings. The van der Waals surface area contributed by atoms with Gasteiger partial charge in [-0.15, -0.1) is 10.2 Å². The van der Waals surface area contributed by atoms with E-state index in [0.717, 1.165) is 5.56 Å². The van der Waals surface area contributed by atoms with Gasteiger partial charge in [-0.25, -0.2) is 0 Å². The molecule has 2 heterocycles. The minimum absolute atomic E-state index is 0.211. The Morgan fingerprint density at radius 3 is 2.43 bits per heavy atom. The van der Waals surface area contributed by atoms with Crippen molar-refractivity contribution in [1.82, 2.24) is 20.6 Å². The number of hydrogen-bond donors (Lipinski definition) is 3. The first-order valence-corrected chi connectivity index (χ1v) is 8.29. The van der Waals surface area contributed by atoms with Gasteiger partial charge in [-0.05, 0) is 53.7 Å². The highest BCUT2D eigenvalue weighted by Gasteiger charge is 2.11. The van der Waals surface area contributed by atoms with Crippen molar-refractivity contribution in [2.75, 3.05) is 10.6 Å². The Balaban J connectivity index is 1.43. The second kappa shape index (κ2) is 7.54. The number of carbonyl (C=O) groups is 2. The van der Waals surface area contributed by atoms with Crippen LogP contribution in [0.3, 0.4) is 0 Å².